The fourth-order valence-corrected chi connectivity index (χ4v) is 4.78. The van der Waals surface area contributed by atoms with E-state index in [9.17, 15) is 4.79 Å². The molecule has 124 valence electrons. The Morgan fingerprint density at radius 1 is 1.13 bits per heavy atom. The van der Waals surface area contributed by atoms with Gasteiger partial charge in [0.15, 0.2) is 0 Å². The predicted molar refractivity (Wildman–Crippen MR) is 92.8 cm³/mol. The first-order chi connectivity index (χ1) is 11.2. The van der Waals surface area contributed by atoms with E-state index in [1.54, 1.807) is 0 Å². The number of halogens is 1. The van der Waals surface area contributed by atoms with Crippen molar-refractivity contribution in [2.75, 3.05) is 26.2 Å². The number of piperidine rings is 1. The van der Waals surface area contributed by atoms with Crippen LogP contribution in [-0.2, 0) is 10.2 Å². The molecule has 1 atom stereocenters. The Hall–Kier alpha value is -1.06. The third-order valence-corrected chi connectivity index (χ3v) is 6.35. The zero-order valence-electron chi connectivity index (χ0n) is 13.6. The first-order valence-corrected chi connectivity index (χ1v) is 9.36. The predicted octanol–water partition coefficient (Wildman–Crippen LogP) is 3.46. The number of carbonyl (C=O) groups excluding carboxylic acids is 1. The SMILES string of the molecule is O=C(N1CCN2CCCCC2C1)C1(c2cccc(Cl)c2)CCC1. The molecule has 1 unspecified atom stereocenters. The second-order valence-corrected chi connectivity index (χ2v) is 7.82. The molecule has 2 saturated heterocycles. The van der Waals surface area contributed by atoms with E-state index in [0.29, 0.717) is 11.9 Å². The molecule has 0 radical (unpaired) electrons. The molecule has 0 N–H and O–H groups in total. The molecule has 3 fully saturated rings. The van der Waals surface area contributed by atoms with Crippen molar-refractivity contribution in [1.82, 2.24) is 9.80 Å². The van der Waals surface area contributed by atoms with E-state index in [1.807, 2.05) is 18.2 Å². The maximum absolute atomic E-state index is 13.4. The highest BCUT2D eigenvalue weighted by Crippen LogP contribution is 2.46. The molecule has 1 aliphatic carbocycles. The lowest BCUT2D eigenvalue weighted by Gasteiger charge is -2.49. The molecule has 1 saturated carbocycles. The normalized spacial score (nSPS) is 27.2. The molecule has 1 amide bonds. The molecular weight excluding hydrogens is 308 g/mol. The van der Waals surface area contributed by atoms with Crippen LogP contribution in [0.25, 0.3) is 0 Å². The average molecular weight is 333 g/mol. The largest absolute Gasteiger partial charge is 0.339 e. The quantitative estimate of drug-likeness (QED) is 0.828. The molecule has 23 heavy (non-hydrogen) atoms. The summed E-state index contributed by atoms with van der Waals surface area (Å²) in [6.45, 7) is 4.06. The van der Waals surface area contributed by atoms with E-state index in [1.165, 1.54) is 25.8 Å². The van der Waals surface area contributed by atoms with Gasteiger partial charge < -0.3 is 4.90 Å². The molecule has 2 heterocycles. The highest BCUT2D eigenvalue weighted by Gasteiger charge is 2.48. The molecule has 3 nitrogen and oxygen atoms in total. The first-order valence-electron chi connectivity index (χ1n) is 8.98. The summed E-state index contributed by atoms with van der Waals surface area (Å²) >= 11 is 6.18. The van der Waals surface area contributed by atoms with Gasteiger partial charge in [-0.3, -0.25) is 9.69 Å². The average Bonchev–Trinajstić information content (AvgIpc) is 2.53. The lowest BCUT2D eigenvalue weighted by molar-refractivity contribution is -0.144. The minimum atomic E-state index is -0.304. The third kappa shape index (κ3) is 2.68. The summed E-state index contributed by atoms with van der Waals surface area (Å²) in [4.78, 5) is 18.1. The monoisotopic (exact) mass is 332 g/mol. The summed E-state index contributed by atoms with van der Waals surface area (Å²) in [6, 6.07) is 8.53. The number of hydrogen-bond acceptors (Lipinski definition) is 2. The van der Waals surface area contributed by atoms with Crippen LogP contribution in [0.2, 0.25) is 5.02 Å². The summed E-state index contributed by atoms with van der Waals surface area (Å²) in [5, 5.41) is 0.735. The first kappa shape index (κ1) is 15.5. The van der Waals surface area contributed by atoms with Crippen LogP contribution < -0.4 is 0 Å². The fraction of sp³-hybridized carbons (Fsp3) is 0.632. The maximum atomic E-state index is 13.4. The summed E-state index contributed by atoms with van der Waals surface area (Å²) in [5.74, 6) is 0.344. The summed E-state index contributed by atoms with van der Waals surface area (Å²) in [6.07, 6.45) is 6.95. The molecule has 0 spiro atoms. The third-order valence-electron chi connectivity index (χ3n) is 6.12. The molecule has 0 bridgehead atoms. The number of rotatable bonds is 2. The van der Waals surface area contributed by atoms with Gasteiger partial charge in [0.2, 0.25) is 5.91 Å². The molecular formula is C19H25ClN2O. The van der Waals surface area contributed by atoms with Crippen LogP contribution in [0.4, 0.5) is 0 Å². The summed E-state index contributed by atoms with van der Waals surface area (Å²) in [7, 11) is 0. The van der Waals surface area contributed by atoms with Crippen LogP contribution in [0.15, 0.2) is 24.3 Å². The number of piperazine rings is 1. The summed E-state index contributed by atoms with van der Waals surface area (Å²) in [5.41, 5.74) is 0.814. The summed E-state index contributed by atoms with van der Waals surface area (Å²) < 4.78 is 0. The molecule has 0 aromatic heterocycles. The van der Waals surface area contributed by atoms with Crippen molar-refractivity contribution in [3.05, 3.63) is 34.9 Å². The minimum Gasteiger partial charge on any atom is -0.339 e. The smallest absolute Gasteiger partial charge is 0.233 e. The van der Waals surface area contributed by atoms with Crippen molar-refractivity contribution >= 4 is 17.5 Å². The van der Waals surface area contributed by atoms with Gasteiger partial charge in [-0.2, -0.15) is 0 Å². The number of carbonyl (C=O) groups is 1. The maximum Gasteiger partial charge on any atom is 0.233 e. The number of nitrogens with zero attached hydrogens (tertiary/aromatic N) is 2. The van der Waals surface area contributed by atoms with E-state index < -0.39 is 0 Å². The van der Waals surface area contributed by atoms with Crippen molar-refractivity contribution < 1.29 is 4.79 Å². The van der Waals surface area contributed by atoms with Crippen molar-refractivity contribution in [3.63, 3.8) is 0 Å². The van der Waals surface area contributed by atoms with Crippen molar-refractivity contribution in [2.24, 2.45) is 0 Å². The Balaban J connectivity index is 1.55. The van der Waals surface area contributed by atoms with Gasteiger partial charge in [0.1, 0.15) is 0 Å². The van der Waals surface area contributed by atoms with Gasteiger partial charge in [-0.1, -0.05) is 36.6 Å². The van der Waals surface area contributed by atoms with Crippen molar-refractivity contribution in [3.8, 4) is 0 Å². The van der Waals surface area contributed by atoms with Crippen LogP contribution in [0, 0.1) is 0 Å². The molecule has 3 aliphatic rings. The van der Waals surface area contributed by atoms with Gasteiger partial charge >= 0.3 is 0 Å². The van der Waals surface area contributed by atoms with Crippen molar-refractivity contribution in [2.45, 2.75) is 50.0 Å². The van der Waals surface area contributed by atoms with E-state index in [2.05, 4.69) is 15.9 Å². The Morgan fingerprint density at radius 3 is 2.74 bits per heavy atom. The highest BCUT2D eigenvalue weighted by atomic mass is 35.5. The molecule has 1 aromatic carbocycles. The van der Waals surface area contributed by atoms with Gasteiger partial charge in [-0.25, -0.2) is 0 Å². The Morgan fingerprint density at radius 2 is 2.00 bits per heavy atom. The van der Waals surface area contributed by atoms with Gasteiger partial charge in [-0.05, 0) is 49.9 Å². The Bertz CT molecular complexity index is 599. The second kappa shape index (κ2) is 6.10. The van der Waals surface area contributed by atoms with Crippen molar-refractivity contribution in [1.29, 1.82) is 0 Å². The number of hydrogen-bond donors (Lipinski definition) is 0. The Kier molecular flexibility index (Phi) is 4.10. The molecule has 2 aliphatic heterocycles. The number of fused-ring (bicyclic) bond motifs is 1. The lowest BCUT2D eigenvalue weighted by atomic mass is 9.63. The van der Waals surface area contributed by atoms with E-state index in [4.69, 9.17) is 11.6 Å². The second-order valence-electron chi connectivity index (χ2n) is 7.38. The van der Waals surface area contributed by atoms with Crippen LogP contribution in [0.5, 0.6) is 0 Å². The lowest BCUT2D eigenvalue weighted by Crippen LogP contribution is -2.60. The molecule has 4 heteroatoms. The highest BCUT2D eigenvalue weighted by molar-refractivity contribution is 6.30. The fourth-order valence-electron chi connectivity index (χ4n) is 4.59. The van der Waals surface area contributed by atoms with E-state index in [-0.39, 0.29) is 5.41 Å². The van der Waals surface area contributed by atoms with Gasteiger partial charge in [0.25, 0.3) is 0 Å². The molecule has 1 aromatic rings. The van der Waals surface area contributed by atoms with Gasteiger partial charge in [-0.15, -0.1) is 0 Å². The van der Waals surface area contributed by atoms with Crippen LogP contribution in [0.3, 0.4) is 0 Å². The number of amides is 1. The zero-order valence-corrected chi connectivity index (χ0v) is 14.4. The van der Waals surface area contributed by atoms with Gasteiger partial charge in [0, 0.05) is 30.7 Å². The Labute approximate surface area is 143 Å². The standard InChI is InChI=1S/C19H25ClN2O/c20-16-6-3-5-15(13-16)19(8-4-9-19)18(23)22-12-11-21-10-2-1-7-17(21)14-22/h3,5-6,13,17H,1-2,4,7-12,14H2. The topological polar surface area (TPSA) is 23.6 Å². The van der Waals surface area contributed by atoms with E-state index in [0.717, 1.165) is 49.5 Å². The van der Waals surface area contributed by atoms with Crippen LogP contribution >= 0.6 is 11.6 Å². The van der Waals surface area contributed by atoms with Crippen LogP contribution in [-0.4, -0.2) is 47.9 Å². The number of benzene rings is 1. The van der Waals surface area contributed by atoms with Gasteiger partial charge in [0.05, 0.1) is 5.41 Å². The molecule has 4 rings (SSSR count). The van der Waals surface area contributed by atoms with Crippen LogP contribution in [0.1, 0.15) is 44.1 Å². The minimum absolute atomic E-state index is 0.304. The van der Waals surface area contributed by atoms with E-state index >= 15 is 0 Å². The zero-order chi connectivity index (χ0) is 15.9.